The molecule has 2 N–H and O–H groups in total. The van der Waals surface area contributed by atoms with Gasteiger partial charge in [0.15, 0.2) is 5.82 Å². The lowest BCUT2D eigenvalue weighted by molar-refractivity contribution is -0.153. The molecule has 3 heterocycles. The molecule has 6 rings (SSSR count). The minimum atomic E-state index is -0.916. The van der Waals surface area contributed by atoms with Gasteiger partial charge in [-0.2, -0.15) is 0 Å². The van der Waals surface area contributed by atoms with E-state index in [1.165, 1.54) is 47.5 Å². The molecule has 0 unspecified atom stereocenters. The Labute approximate surface area is 299 Å². The van der Waals surface area contributed by atoms with Gasteiger partial charge in [-0.3, -0.25) is 14.4 Å². The molecule has 9 heteroatoms. The van der Waals surface area contributed by atoms with Gasteiger partial charge >= 0.3 is 5.97 Å². The number of carbonyl (C=O) groups is 3. The van der Waals surface area contributed by atoms with Crippen LogP contribution in [0.4, 0.5) is 0 Å². The summed E-state index contributed by atoms with van der Waals surface area (Å²) in [5.41, 5.74) is 5.10. The molecule has 50 heavy (non-hydrogen) atoms. The number of hydrogen-bond donors (Lipinski definition) is 2. The first-order valence-electron chi connectivity index (χ1n) is 17.8. The summed E-state index contributed by atoms with van der Waals surface area (Å²) < 4.78 is 0. The zero-order valence-corrected chi connectivity index (χ0v) is 30.5. The van der Waals surface area contributed by atoms with Gasteiger partial charge in [0.25, 0.3) is 5.91 Å². The van der Waals surface area contributed by atoms with E-state index in [0.29, 0.717) is 16.6 Å². The smallest absolute Gasteiger partial charge is 0.310 e. The predicted octanol–water partition coefficient (Wildman–Crippen LogP) is 7.98. The first kappa shape index (κ1) is 35.5. The molecule has 1 atom stereocenters. The maximum Gasteiger partial charge on any atom is 0.310 e. The van der Waals surface area contributed by atoms with Gasteiger partial charge in [0.2, 0.25) is 5.91 Å². The number of carbonyl (C=O) groups excluding carboxylic acids is 2. The first-order chi connectivity index (χ1) is 23.9. The van der Waals surface area contributed by atoms with Crippen molar-refractivity contribution in [2.45, 2.75) is 84.1 Å². The van der Waals surface area contributed by atoms with Crippen LogP contribution in [0.5, 0.6) is 0 Å². The Balaban J connectivity index is 1.11. The molecule has 1 aliphatic heterocycles. The molecular formula is C41H48N4O4S. The number of thiophene rings is 1. The van der Waals surface area contributed by atoms with E-state index in [2.05, 4.69) is 74.2 Å². The van der Waals surface area contributed by atoms with E-state index in [4.69, 9.17) is 0 Å². The molecule has 1 saturated heterocycles. The Hall–Kier alpha value is -4.37. The highest BCUT2D eigenvalue weighted by atomic mass is 32.1. The van der Waals surface area contributed by atoms with E-state index in [9.17, 15) is 19.5 Å². The lowest BCUT2D eigenvalue weighted by Gasteiger charge is -2.38. The Morgan fingerprint density at radius 2 is 1.48 bits per heavy atom. The Bertz CT molecular complexity index is 1790. The third-order valence-electron chi connectivity index (χ3n) is 10.4. The van der Waals surface area contributed by atoms with E-state index in [0.717, 1.165) is 39.0 Å². The summed E-state index contributed by atoms with van der Waals surface area (Å²) in [5, 5.41) is 12.3. The molecule has 262 valence electrons. The van der Waals surface area contributed by atoms with Crippen molar-refractivity contribution >= 4 is 29.1 Å². The fourth-order valence-corrected chi connectivity index (χ4v) is 8.01. The van der Waals surface area contributed by atoms with Crippen LogP contribution in [0, 0.1) is 17.8 Å². The van der Waals surface area contributed by atoms with Gasteiger partial charge in [-0.05, 0) is 77.7 Å². The fraction of sp³-hybridized carbons (Fsp3) is 0.439. The second-order valence-electron chi connectivity index (χ2n) is 15.4. The molecule has 2 aliphatic rings. The fourth-order valence-electron chi connectivity index (χ4n) is 7.05. The van der Waals surface area contributed by atoms with Gasteiger partial charge in [-0.15, -0.1) is 11.3 Å². The average Bonchev–Trinajstić information content (AvgIpc) is 3.60. The number of likely N-dealkylation sites (tertiary alicyclic amines) is 1. The number of rotatable bonds is 10. The van der Waals surface area contributed by atoms with Crippen molar-refractivity contribution in [3.63, 3.8) is 0 Å². The Kier molecular flexibility index (Phi) is 10.5. The van der Waals surface area contributed by atoms with Gasteiger partial charge < -0.3 is 15.3 Å². The monoisotopic (exact) mass is 692 g/mol. The Morgan fingerprint density at radius 1 is 0.860 bits per heavy atom. The maximum atomic E-state index is 13.5. The van der Waals surface area contributed by atoms with Gasteiger partial charge in [0, 0.05) is 47.9 Å². The van der Waals surface area contributed by atoms with E-state index in [1.54, 1.807) is 6.07 Å². The highest BCUT2D eigenvalue weighted by Crippen LogP contribution is 2.39. The molecule has 8 nitrogen and oxygen atoms in total. The van der Waals surface area contributed by atoms with Crippen LogP contribution in [-0.2, 0) is 21.4 Å². The van der Waals surface area contributed by atoms with Crippen LogP contribution in [-0.4, -0.2) is 56.9 Å². The highest BCUT2D eigenvalue weighted by Gasteiger charge is 2.39. The third-order valence-corrected chi connectivity index (χ3v) is 12.0. The van der Waals surface area contributed by atoms with Crippen LogP contribution in [0.3, 0.4) is 0 Å². The van der Waals surface area contributed by atoms with Crippen LogP contribution in [0.25, 0.3) is 22.5 Å². The average molecular weight is 693 g/mol. The van der Waals surface area contributed by atoms with Crippen LogP contribution in [0.15, 0.2) is 73.1 Å². The van der Waals surface area contributed by atoms with E-state index < -0.39 is 17.9 Å². The highest BCUT2D eigenvalue weighted by molar-refractivity contribution is 7.14. The van der Waals surface area contributed by atoms with Crippen molar-refractivity contribution in [1.82, 2.24) is 20.2 Å². The molecule has 2 aromatic carbocycles. The second-order valence-corrected chi connectivity index (χ2v) is 16.5. The largest absolute Gasteiger partial charge is 0.481 e. The zero-order chi connectivity index (χ0) is 35.6. The summed E-state index contributed by atoms with van der Waals surface area (Å²) in [6, 6.07) is 19.5. The number of nitrogens with one attached hydrogen (secondary N) is 1. The molecule has 4 aromatic rings. The van der Waals surface area contributed by atoms with E-state index in [-0.39, 0.29) is 36.7 Å². The topological polar surface area (TPSA) is 112 Å². The number of hydrogen-bond acceptors (Lipinski definition) is 6. The molecule has 2 aromatic heterocycles. The third kappa shape index (κ3) is 8.15. The van der Waals surface area contributed by atoms with E-state index >= 15 is 0 Å². The zero-order valence-electron chi connectivity index (χ0n) is 29.7. The standard InChI is InChI=1S/C41H48N4O4S/c1-25(2)27-10-12-28(13-11-27)29-14-16-30(17-15-29)32-21-42-37(43-22-32)31-8-6-26(7-9-31)20-34(39(47)45-23-33(24-45)40(48)49)44-38(46)35-18-19-36(50-35)41(3,4)5/h6-9,14-19,21-22,25,27-28,33-34H,10-13,20,23-24H2,1-5H3,(H,44,46)(H,48,49)/t27-,28+,34-/m0/s1. The first-order valence-corrected chi connectivity index (χ1v) is 18.6. The minimum Gasteiger partial charge on any atom is -0.481 e. The number of aliphatic carboxylic acids is 1. The van der Waals surface area contributed by atoms with Gasteiger partial charge in [0.05, 0.1) is 10.8 Å². The van der Waals surface area contributed by atoms with Crippen LogP contribution in [0.2, 0.25) is 0 Å². The van der Waals surface area contributed by atoms with Gasteiger partial charge in [-0.25, -0.2) is 9.97 Å². The number of carboxylic acid groups (broad SMARTS) is 1. The number of aromatic nitrogens is 2. The normalized spacial score (nSPS) is 18.8. The van der Waals surface area contributed by atoms with Gasteiger partial charge in [-0.1, -0.05) is 83.1 Å². The molecule has 2 fully saturated rings. The molecular weight excluding hydrogens is 645 g/mol. The summed E-state index contributed by atoms with van der Waals surface area (Å²) in [6.45, 7) is 11.3. The molecule has 0 radical (unpaired) electrons. The van der Waals surface area contributed by atoms with E-state index in [1.807, 2.05) is 42.7 Å². The van der Waals surface area contributed by atoms with Crippen LogP contribution < -0.4 is 5.32 Å². The predicted molar refractivity (Wildman–Crippen MR) is 198 cm³/mol. The summed E-state index contributed by atoms with van der Waals surface area (Å²) in [5.74, 6) is 0.793. The summed E-state index contributed by atoms with van der Waals surface area (Å²) >= 11 is 1.42. The quantitative estimate of drug-likeness (QED) is 0.174. The van der Waals surface area contributed by atoms with Crippen molar-refractivity contribution in [2.24, 2.45) is 17.8 Å². The summed E-state index contributed by atoms with van der Waals surface area (Å²) in [6.07, 6.45) is 9.15. The number of nitrogens with zero attached hydrogens (tertiary/aromatic N) is 3. The minimum absolute atomic E-state index is 0.0919. The van der Waals surface area contributed by atoms with Crippen LogP contribution >= 0.6 is 11.3 Å². The second kappa shape index (κ2) is 14.9. The number of amides is 2. The van der Waals surface area contributed by atoms with Crippen molar-refractivity contribution < 1.29 is 19.5 Å². The van der Waals surface area contributed by atoms with Crippen molar-refractivity contribution in [1.29, 1.82) is 0 Å². The number of carboxylic acids is 1. The molecule has 1 aliphatic carbocycles. The van der Waals surface area contributed by atoms with Crippen molar-refractivity contribution in [2.75, 3.05) is 13.1 Å². The van der Waals surface area contributed by atoms with Crippen molar-refractivity contribution in [3.05, 3.63) is 93.9 Å². The molecule has 1 saturated carbocycles. The SMILES string of the molecule is CC(C)[C@H]1CC[C@@H](c2ccc(-c3cnc(-c4ccc(C[C@H](NC(=O)c5ccc(C(C)(C)C)s5)C(=O)N5CC(C(=O)O)C5)cc4)nc3)cc2)CC1. The van der Waals surface area contributed by atoms with Crippen LogP contribution in [0.1, 0.15) is 91.9 Å². The summed E-state index contributed by atoms with van der Waals surface area (Å²) in [7, 11) is 0. The summed E-state index contributed by atoms with van der Waals surface area (Å²) in [4.78, 5) is 50.6. The molecule has 2 amide bonds. The molecule has 0 spiro atoms. The number of benzene rings is 2. The maximum absolute atomic E-state index is 13.5. The van der Waals surface area contributed by atoms with Gasteiger partial charge in [0.1, 0.15) is 6.04 Å². The molecule has 0 bridgehead atoms. The Morgan fingerprint density at radius 3 is 2.04 bits per heavy atom. The lowest BCUT2D eigenvalue weighted by Crippen LogP contribution is -2.59. The van der Waals surface area contributed by atoms with Crippen molar-refractivity contribution in [3.8, 4) is 22.5 Å². The lowest BCUT2D eigenvalue weighted by atomic mass is 9.75.